The number of amides is 1. The number of hydrogen-bond donors (Lipinski definition) is 1. The molecule has 24 heavy (non-hydrogen) atoms. The highest BCUT2D eigenvalue weighted by Crippen LogP contribution is 2.26. The second kappa shape index (κ2) is 6.63. The highest BCUT2D eigenvalue weighted by molar-refractivity contribution is 6.34. The van der Waals surface area contributed by atoms with Crippen LogP contribution < -0.4 is 5.32 Å². The number of hydrogen-bond acceptors (Lipinski definition) is 2. The van der Waals surface area contributed by atoms with Crippen molar-refractivity contribution in [2.24, 2.45) is 0 Å². The van der Waals surface area contributed by atoms with Crippen molar-refractivity contribution in [2.45, 2.75) is 6.92 Å². The van der Waals surface area contributed by atoms with Crippen LogP contribution in [0.2, 0.25) is 10.2 Å². The zero-order chi connectivity index (χ0) is 17.3. The topological polar surface area (TPSA) is 46.9 Å². The predicted molar refractivity (Wildman–Crippen MR) is 92.7 cm³/mol. The van der Waals surface area contributed by atoms with Gasteiger partial charge in [-0.05, 0) is 31.2 Å². The molecule has 0 saturated heterocycles. The molecule has 122 valence electrons. The summed E-state index contributed by atoms with van der Waals surface area (Å²) >= 11 is 12.0. The summed E-state index contributed by atoms with van der Waals surface area (Å²) in [4.78, 5) is 12.5. The number of nitrogens with zero attached hydrogens (tertiary/aromatic N) is 2. The van der Waals surface area contributed by atoms with Crippen molar-refractivity contribution in [3.8, 4) is 5.69 Å². The summed E-state index contributed by atoms with van der Waals surface area (Å²) in [6, 6.07) is 13.5. The lowest BCUT2D eigenvalue weighted by molar-refractivity contribution is 0.102. The summed E-state index contributed by atoms with van der Waals surface area (Å²) < 4.78 is 15.4. The first-order valence-electron chi connectivity index (χ1n) is 7.05. The molecule has 1 heterocycles. The Bertz CT molecular complexity index is 910. The average Bonchev–Trinajstić information content (AvgIpc) is 2.87. The molecule has 0 radical (unpaired) electrons. The maximum atomic E-state index is 13.9. The van der Waals surface area contributed by atoms with E-state index in [1.165, 1.54) is 16.8 Å². The van der Waals surface area contributed by atoms with Gasteiger partial charge in [-0.15, -0.1) is 0 Å². The van der Waals surface area contributed by atoms with Gasteiger partial charge in [0.05, 0.1) is 22.1 Å². The number of carbonyl (C=O) groups excluding carboxylic acids is 1. The van der Waals surface area contributed by atoms with E-state index in [1.54, 1.807) is 13.0 Å². The minimum atomic E-state index is -0.697. The van der Waals surface area contributed by atoms with Crippen LogP contribution in [0.15, 0.2) is 48.5 Å². The summed E-state index contributed by atoms with van der Waals surface area (Å²) in [7, 11) is 0. The molecule has 3 aromatic rings. The second-order valence-corrected chi connectivity index (χ2v) is 5.82. The second-order valence-electron chi connectivity index (χ2n) is 5.05. The number of nitrogens with one attached hydrogen (secondary N) is 1. The smallest absolute Gasteiger partial charge is 0.260 e. The van der Waals surface area contributed by atoms with Crippen LogP contribution in [0.3, 0.4) is 0 Å². The van der Waals surface area contributed by atoms with Crippen molar-refractivity contribution in [2.75, 3.05) is 5.32 Å². The van der Waals surface area contributed by atoms with Gasteiger partial charge in [-0.3, -0.25) is 4.79 Å². The van der Waals surface area contributed by atoms with Crippen LogP contribution in [0.25, 0.3) is 5.69 Å². The molecular weight excluding hydrogens is 352 g/mol. The highest BCUT2D eigenvalue weighted by Gasteiger charge is 2.22. The fourth-order valence-corrected chi connectivity index (χ4v) is 2.81. The quantitative estimate of drug-likeness (QED) is 0.720. The first-order valence-corrected chi connectivity index (χ1v) is 7.80. The summed E-state index contributed by atoms with van der Waals surface area (Å²) in [5.74, 6) is -1.25. The molecular formula is C17H12Cl2FN3O. The van der Waals surface area contributed by atoms with Crippen LogP contribution in [0.4, 0.5) is 10.1 Å². The van der Waals surface area contributed by atoms with Crippen LogP contribution in [-0.2, 0) is 0 Å². The van der Waals surface area contributed by atoms with E-state index in [-0.39, 0.29) is 21.4 Å². The Morgan fingerprint density at radius 1 is 1.12 bits per heavy atom. The van der Waals surface area contributed by atoms with E-state index < -0.39 is 11.7 Å². The van der Waals surface area contributed by atoms with Crippen LogP contribution in [0.1, 0.15) is 16.1 Å². The molecule has 1 aromatic heterocycles. The van der Waals surface area contributed by atoms with Gasteiger partial charge in [-0.2, -0.15) is 5.10 Å². The van der Waals surface area contributed by atoms with Gasteiger partial charge in [-0.25, -0.2) is 9.07 Å². The Morgan fingerprint density at radius 3 is 2.54 bits per heavy atom. The van der Waals surface area contributed by atoms with E-state index >= 15 is 0 Å². The lowest BCUT2D eigenvalue weighted by atomic mass is 10.2. The van der Waals surface area contributed by atoms with Gasteiger partial charge < -0.3 is 5.32 Å². The van der Waals surface area contributed by atoms with Crippen LogP contribution >= 0.6 is 23.2 Å². The fourth-order valence-electron chi connectivity index (χ4n) is 2.28. The molecule has 0 aliphatic heterocycles. The van der Waals surface area contributed by atoms with Gasteiger partial charge in [0.25, 0.3) is 5.91 Å². The molecule has 1 amide bonds. The summed E-state index contributed by atoms with van der Waals surface area (Å²) in [6.07, 6.45) is 0. The fraction of sp³-hybridized carbons (Fsp3) is 0.0588. The molecule has 1 N–H and O–H groups in total. The first kappa shape index (κ1) is 16.5. The molecule has 0 aliphatic rings. The zero-order valence-corrected chi connectivity index (χ0v) is 14.1. The largest absolute Gasteiger partial charge is 0.319 e. The van der Waals surface area contributed by atoms with Crippen molar-refractivity contribution in [1.82, 2.24) is 9.78 Å². The minimum absolute atomic E-state index is 0.0181. The molecule has 0 fully saturated rings. The molecule has 4 nitrogen and oxygen atoms in total. The van der Waals surface area contributed by atoms with Gasteiger partial charge >= 0.3 is 0 Å². The highest BCUT2D eigenvalue weighted by atomic mass is 35.5. The average molecular weight is 364 g/mol. The van der Waals surface area contributed by atoms with Crippen molar-refractivity contribution >= 4 is 34.8 Å². The third-order valence-electron chi connectivity index (χ3n) is 3.43. The molecule has 0 bridgehead atoms. The van der Waals surface area contributed by atoms with E-state index in [2.05, 4.69) is 10.4 Å². The van der Waals surface area contributed by atoms with Crippen LogP contribution in [-0.4, -0.2) is 15.7 Å². The van der Waals surface area contributed by atoms with E-state index in [0.29, 0.717) is 5.69 Å². The van der Waals surface area contributed by atoms with Gasteiger partial charge in [0.2, 0.25) is 0 Å². The minimum Gasteiger partial charge on any atom is -0.319 e. The lowest BCUT2D eigenvalue weighted by Crippen LogP contribution is -2.14. The number of aromatic nitrogens is 2. The Balaban J connectivity index is 1.96. The van der Waals surface area contributed by atoms with Crippen LogP contribution in [0.5, 0.6) is 0 Å². The van der Waals surface area contributed by atoms with E-state index in [9.17, 15) is 9.18 Å². The number of halogens is 3. The molecule has 7 heteroatoms. The number of para-hydroxylation sites is 1. The number of rotatable bonds is 3. The van der Waals surface area contributed by atoms with Gasteiger partial charge in [0.15, 0.2) is 5.82 Å². The van der Waals surface area contributed by atoms with E-state index in [1.807, 2.05) is 30.3 Å². The molecule has 0 saturated carbocycles. The molecule has 0 aliphatic carbocycles. The SMILES string of the molecule is Cc1nn(-c2ccccc2)c(Cl)c1C(=O)Nc1cccc(Cl)c1F. The molecule has 0 unspecified atom stereocenters. The molecule has 0 atom stereocenters. The van der Waals surface area contributed by atoms with Crippen LogP contribution in [0, 0.1) is 12.7 Å². The maximum absolute atomic E-state index is 13.9. The summed E-state index contributed by atoms with van der Waals surface area (Å²) in [5, 5.41) is 6.84. The lowest BCUT2D eigenvalue weighted by Gasteiger charge is -2.07. The number of anilines is 1. The zero-order valence-electron chi connectivity index (χ0n) is 12.6. The van der Waals surface area contributed by atoms with Gasteiger partial charge in [0.1, 0.15) is 10.7 Å². The third-order valence-corrected chi connectivity index (χ3v) is 4.07. The number of benzene rings is 2. The van der Waals surface area contributed by atoms with Crippen molar-refractivity contribution < 1.29 is 9.18 Å². The summed E-state index contributed by atoms with van der Waals surface area (Å²) in [6.45, 7) is 1.66. The Morgan fingerprint density at radius 2 is 1.83 bits per heavy atom. The van der Waals surface area contributed by atoms with Crippen molar-refractivity contribution in [3.05, 3.63) is 75.8 Å². The summed E-state index contributed by atoms with van der Waals surface area (Å²) in [5.41, 5.74) is 1.32. The Kier molecular flexibility index (Phi) is 4.55. The van der Waals surface area contributed by atoms with E-state index in [4.69, 9.17) is 23.2 Å². The van der Waals surface area contributed by atoms with E-state index in [0.717, 1.165) is 5.69 Å². The third kappa shape index (κ3) is 3.00. The van der Waals surface area contributed by atoms with Gasteiger partial charge in [-0.1, -0.05) is 47.5 Å². The predicted octanol–water partition coefficient (Wildman–Crippen LogP) is 4.88. The monoisotopic (exact) mass is 363 g/mol. The Labute approximate surface area is 147 Å². The van der Waals surface area contributed by atoms with Crippen molar-refractivity contribution in [3.63, 3.8) is 0 Å². The van der Waals surface area contributed by atoms with Gasteiger partial charge in [0, 0.05) is 0 Å². The molecule has 2 aromatic carbocycles. The standard InChI is InChI=1S/C17H12Cl2FN3O/c1-10-14(16(19)23(22-10)11-6-3-2-4-7-11)17(24)21-13-9-5-8-12(18)15(13)20/h2-9H,1H3,(H,21,24). The number of carbonyl (C=O) groups is 1. The first-order chi connectivity index (χ1) is 11.5. The van der Waals surface area contributed by atoms with Crippen molar-refractivity contribution in [1.29, 1.82) is 0 Å². The maximum Gasteiger partial charge on any atom is 0.260 e. The molecule has 3 rings (SSSR count). The molecule has 0 spiro atoms. The normalized spacial score (nSPS) is 10.7. The number of aryl methyl sites for hydroxylation is 1. The Hall–Kier alpha value is -2.37.